The highest BCUT2D eigenvalue weighted by molar-refractivity contribution is 7.92. The van der Waals surface area contributed by atoms with E-state index < -0.39 is 10.0 Å². The van der Waals surface area contributed by atoms with Crippen LogP contribution in [0.1, 0.15) is 36.5 Å². The van der Waals surface area contributed by atoms with E-state index in [0.29, 0.717) is 17.8 Å². The Morgan fingerprint density at radius 3 is 2.67 bits per heavy atom. The zero-order valence-corrected chi connectivity index (χ0v) is 18.6. The molecule has 1 aliphatic rings. The number of carbonyl (C=O) groups is 1. The first-order chi connectivity index (χ1) is 14.4. The first-order valence-electron chi connectivity index (χ1n) is 10.5. The summed E-state index contributed by atoms with van der Waals surface area (Å²) in [6.45, 7) is 6.09. The van der Waals surface area contributed by atoms with Crippen molar-refractivity contribution in [2.45, 2.75) is 31.1 Å². The summed E-state index contributed by atoms with van der Waals surface area (Å²) < 4.78 is 27.1. The van der Waals surface area contributed by atoms with Crippen LogP contribution in [0, 0.1) is 5.92 Å². The maximum Gasteiger partial charge on any atom is 0.264 e. The van der Waals surface area contributed by atoms with Crippen molar-refractivity contribution < 1.29 is 13.2 Å². The Hall–Kier alpha value is -2.38. The summed E-state index contributed by atoms with van der Waals surface area (Å²) in [7, 11) is -2.23. The SMILES string of the molecule is C[C@H]1CCCN(CCCNC(=O)c2cccc(S(=O)(=O)N(C)c3ccccc3)c2)C1. The van der Waals surface area contributed by atoms with E-state index in [2.05, 4.69) is 17.1 Å². The third-order valence-corrected chi connectivity index (χ3v) is 7.33. The number of rotatable bonds is 8. The Bertz CT molecular complexity index is 947. The molecule has 0 spiro atoms. The lowest BCUT2D eigenvalue weighted by Crippen LogP contribution is -2.36. The normalized spacial score (nSPS) is 17.5. The number of sulfonamides is 1. The maximum atomic E-state index is 13.0. The molecule has 0 aliphatic carbocycles. The Kier molecular flexibility index (Phi) is 7.50. The molecular formula is C23H31N3O3S. The monoisotopic (exact) mass is 429 g/mol. The molecule has 0 radical (unpaired) electrons. The van der Waals surface area contributed by atoms with Gasteiger partial charge >= 0.3 is 0 Å². The molecule has 1 fully saturated rings. The van der Waals surface area contributed by atoms with E-state index in [9.17, 15) is 13.2 Å². The molecular weight excluding hydrogens is 398 g/mol. The van der Waals surface area contributed by atoms with Gasteiger partial charge in [0.25, 0.3) is 15.9 Å². The van der Waals surface area contributed by atoms with Crippen LogP contribution in [0.5, 0.6) is 0 Å². The van der Waals surface area contributed by atoms with Gasteiger partial charge in [-0.25, -0.2) is 8.42 Å². The third-order valence-electron chi connectivity index (χ3n) is 5.55. The zero-order valence-electron chi connectivity index (χ0n) is 17.8. The number of carbonyl (C=O) groups excluding carboxylic acids is 1. The third kappa shape index (κ3) is 5.61. The van der Waals surface area contributed by atoms with E-state index in [4.69, 9.17) is 0 Å². The van der Waals surface area contributed by atoms with Crippen molar-refractivity contribution in [1.82, 2.24) is 10.2 Å². The fraction of sp³-hybridized carbons (Fsp3) is 0.435. The number of nitrogens with one attached hydrogen (secondary N) is 1. The van der Waals surface area contributed by atoms with Crippen molar-refractivity contribution in [1.29, 1.82) is 0 Å². The van der Waals surface area contributed by atoms with Gasteiger partial charge in [0.1, 0.15) is 0 Å². The van der Waals surface area contributed by atoms with Gasteiger partial charge in [0.05, 0.1) is 10.6 Å². The summed E-state index contributed by atoms with van der Waals surface area (Å²) in [5.41, 5.74) is 0.920. The molecule has 1 atom stereocenters. The standard InChI is InChI=1S/C23H31N3O3S/c1-19-9-7-15-26(18-19)16-8-14-24-23(27)20-10-6-13-22(17-20)30(28,29)25(2)21-11-4-3-5-12-21/h3-6,10-13,17,19H,7-9,14-16,18H2,1-2H3,(H,24,27)/t19-/m0/s1. The Morgan fingerprint density at radius 2 is 1.93 bits per heavy atom. The van der Waals surface area contributed by atoms with Crippen LogP contribution in [0.15, 0.2) is 59.5 Å². The highest BCUT2D eigenvalue weighted by Crippen LogP contribution is 2.22. The molecule has 0 aromatic heterocycles. The minimum Gasteiger partial charge on any atom is -0.352 e. The van der Waals surface area contributed by atoms with Crippen molar-refractivity contribution >= 4 is 21.6 Å². The lowest BCUT2D eigenvalue weighted by molar-refractivity contribution is 0.0950. The summed E-state index contributed by atoms with van der Waals surface area (Å²) in [6, 6.07) is 15.1. The zero-order chi connectivity index (χ0) is 21.6. The number of amides is 1. The van der Waals surface area contributed by atoms with Gasteiger partial charge in [-0.05, 0) is 68.6 Å². The van der Waals surface area contributed by atoms with Crippen LogP contribution < -0.4 is 9.62 Å². The number of piperidine rings is 1. The minimum absolute atomic E-state index is 0.101. The van der Waals surface area contributed by atoms with Gasteiger partial charge in [0.15, 0.2) is 0 Å². The second-order valence-electron chi connectivity index (χ2n) is 7.99. The molecule has 162 valence electrons. The van der Waals surface area contributed by atoms with Crippen LogP contribution >= 0.6 is 0 Å². The molecule has 2 aromatic carbocycles. The maximum absolute atomic E-state index is 13.0. The van der Waals surface area contributed by atoms with E-state index in [-0.39, 0.29) is 10.8 Å². The van der Waals surface area contributed by atoms with E-state index in [1.165, 1.54) is 36.3 Å². The van der Waals surface area contributed by atoms with Crippen molar-refractivity contribution in [2.24, 2.45) is 5.92 Å². The first kappa shape index (κ1) is 22.3. The second-order valence-corrected chi connectivity index (χ2v) is 9.96. The first-order valence-corrected chi connectivity index (χ1v) is 12.0. The predicted octanol–water partition coefficient (Wildman–Crippen LogP) is 3.36. The molecule has 0 unspecified atom stereocenters. The van der Waals surface area contributed by atoms with Gasteiger partial charge in [-0.2, -0.15) is 0 Å². The molecule has 3 rings (SSSR count). The molecule has 1 heterocycles. The van der Waals surface area contributed by atoms with Gasteiger partial charge in [0, 0.05) is 25.7 Å². The lowest BCUT2D eigenvalue weighted by atomic mass is 10.0. The summed E-state index contributed by atoms with van der Waals surface area (Å²) in [5, 5.41) is 2.92. The molecule has 1 amide bonds. The Morgan fingerprint density at radius 1 is 1.17 bits per heavy atom. The number of para-hydroxylation sites is 1. The lowest BCUT2D eigenvalue weighted by Gasteiger charge is -2.30. The topological polar surface area (TPSA) is 69.7 Å². The molecule has 1 N–H and O–H groups in total. The summed E-state index contributed by atoms with van der Waals surface area (Å²) in [5.74, 6) is 0.494. The van der Waals surface area contributed by atoms with E-state index >= 15 is 0 Å². The predicted molar refractivity (Wildman–Crippen MR) is 120 cm³/mol. The van der Waals surface area contributed by atoms with Crippen LogP contribution in [-0.2, 0) is 10.0 Å². The summed E-state index contributed by atoms with van der Waals surface area (Å²) in [4.78, 5) is 15.1. The number of benzene rings is 2. The molecule has 1 aliphatic heterocycles. The minimum atomic E-state index is -3.75. The van der Waals surface area contributed by atoms with Crippen molar-refractivity contribution in [2.75, 3.05) is 37.5 Å². The highest BCUT2D eigenvalue weighted by Gasteiger charge is 2.22. The van der Waals surface area contributed by atoms with Crippen LogP contribution in [0.4, 0.5) is 5.69 Å². The molecule has 2 aromatic rings. The van der Waals surface area contributed by atoms with Crippen molar-refractivity contribution in [3.05, 3.63) is 60.2 Å². The second kappa shape index (κ2) is 10.1. The fourth-order valence-electron chi connectivity index (χ4n) is 3.83. The van der Waals surface area contributed by atoms with Crippen LogP contribution in [0.25, 0.3) is 0 Å². The van der Waals surface area contributed by atoms with E-state index in [0.717, 1.165) is 32.0 Å². The number of hydrogen-bond acceptors (Lipinski definition) is 4. The van der Waals surface area contributed by atoms with Gasteiger partial charge in [-0.1, -0.05) is 31.2 Å². The molecule has 0 saturated carbocycles. The van der Waals surface area contributed by atoms with Gasteiger partial charge in [0.2, 0.25) is 0 Å². The number of likely N-dealkylation sites (tertiary alicyclic amines) is 1. The highest BCUT2D eigenvalue weighted by atomic mass is 32.2. The average molecular weight is 430 g/mol. The van der Waals surface area contributed by atoms with Crippen LogP contribution in [-0.4, -0.2) is 52.5 Å². The molecule has 30 heavy (non-hydrogen) atoms. The van der Waals surface area contributed by atoms with Gasteiger partial charge in [-0.15, -0.1) is 0 Å². The Labute approximate surface area is 179 Å². The van der Waals surface area contributed by atoms with Gasteiger partial charge in [-0.3, -0.25) is 9.10 Å². The number of hydrogen-bond donors (Lipinski definition) is 1. The Balaban J connectivity index is 1.58. The quantitative estimate of drug-likeness (QED) is 0.653. The largest absolute Gasteiger partial charge is 0.352 e. The van der Waals surface area contributed by atoms with E-state index in [1.54, 1.807) is 36.4 Å². The molecule has 1 saturated heterocycles. The van der Waals surface area contributed by atoms with Gasteiger partial charge < -0.3 is 10.2 Å². The summed E-state index contributed by atoms with van der Waals surface area (Å²) in [6.07, 6.45) is 3.42. The average Bonchev–Trinajstić information content (AvgIpc) is 2.77. The molecule has 0 bridgehead atoms. The smallest absolute Gasteiger partial charge is 0.264 e. The van der Waals surface area contributed by atoms with Crippen molar-refractivity contribution in [3.63, 3.8) is 0 Å². The number of nitrogens with zero attached hydrogens (tertiary/aromatic N) is 2. The van der Waals surface area contributed by atoms with Crippen molar-refractivity contribution in [3.8, 4) is 0 Å². The fourth-order valence-corrected chi connectivity index (χ4v) is 5.07. The molecule has 6 nitrogen and oxygen atoms in total. The van der Waals surface area contributed by atoms with E-state index in [1.807, 2.05) is 6.07 Å². The summed E-state index contributed by atoms with van der Waals surface area (Å²) >= 11 is 0. The van der Waals surface area contributed by atoms with Crippen LogP contribution in [0.3, 0.4) is 0 Å². The number of anilines is 1. The molecule has 7 heteroatoms. The van der Waals surface area contributed by atoms with Crippen LogP contribution in [0.2, 0.25) is 0 Å².